The number of aromatic hydroxyl groups is 1. The first-order valence-corrected chi connectivity index (χ1v) is 10.9. The first-order valence-electron chi connectivity index (χ1n) is 10.1. The average Bonchev–Trinajstić information content (AvgIpc) is 3.18. The van der Waals surface area contributed by atoms with Gasteiger partial charge in [0.05, 0.1) is 0 Å². The lowest BCUT2D eigenvalue weighted by Gasteiger charge is -2.05. The molecule has 2 N–H and O–H groups in total. The van der Waals surface area contributed by atoms with Crippen LogP contribution < -0.4 is 0 Å². The maximum Gasteiger partial charge on any atom is 0.346 e. The van der Waals surface area contributed by atoms with Crippen LogP contribution in [0.1, 0.15) is 51.2 Å². The highest BCUT2D eigenvalue weighted by Gasteiger charge is 2.19. The SMILES string of the molecule is CC.CC.CC.O=C(O)c1sc2ccccc2c1-c1ccc2cc(O)ccc2c1. The molecule has 1 heterocycles. The number of hydrogen-bond donors (Lipinski definition) is 2. The van der Waals surface area contributed by atoms with Gasteiger partial charge in [0.1, 0.15) is 10.6 Å². The Morgan fingerprint density at radius 1 is 0.793 bits per heavy atom. The third-order valence-electron chi connectivity index (χ3n) is 3.90. The zero-order valence-electron chi connectivity index (χ0n) is 18.0. The summed E-state index contributed by atoms with van der Waals surface area (Å²) in [7, 11) is 0. The van der Waals surface area contributed by atoms with Crippen LogP contribution in [0, 0.1) is 0 Å². The fourth-order valence-corrected chi connectivity index (χ4v) is 3.94. The maximum absolute atomic E-state index is 11.7. The molecule has 0 amide bonds. The smallest absolute Gasteiger partial charge is 0.346 e. The molecule has 0 aliphatic carbocycles. The van der Waals surface area contributed by atoms with Crippen molar-refractivity contribution in [2.24, 2.45) is 0 Å². The second-order valence-electron chi connectivity index (χ2n) is 5.35. The van der Waals surface area contributed by atoms with Crippen molar-refractivity contribution < 1.29 is 15.0 Å². The third-order valence-corrected chi connectivity index (χ3v) is 5.06. The van der Waals surface area contributed by atoms with Crippen LogP contribution in [0.3, 0.4) is 0 Å². The van der Waals surface area contributed by atoms with E-state index in [4.69, 9.17) is 0 Å². The van der Waals surface area contributed by atoms with Gasteiger partial charge in [-0.05, 0) is 40.6 Å². The van der Waals surface area contributed by atoms with E-state index in [0.29, 0.717) is 4.88 Å². The molecule has 3 nitrogen and oxygen atoms in total. The number of carboxylic acids is 1. The summed E-state index contributed by atoms with van der Waals surface area (Å²) in [5.74, 6) is -0.690. The lowest BCUT2D eigenvalue weighted by atomic mass is 9.98. The summed E-state index contributed by atoms with van der Waals surface area (Å²) >= 11 is 1.30. The average molecular weight is 411 g/mol. The summed E-state index contributed by atoms with van der Waals surface area (Å²) in [5, 5.41) is 22.0. The Bertz CT molecular complexity index is 1060. The van der Waals surface area contributed by atoms with Crippen molar-refractivity contribution in [1.82, 2.24) is 0 Å². The fourth-order valence-electron chi connectivity index (χ4n) is 2.87. The molecule has 4 rings (SSSR count). The van der Waals surface area contributed by atoms with E-state index in [1.165, 1.54) is 11.3 Å². The quantitative estimate of drug-likeness (QED) is 0.350. The highest BCUT2D eigenvalue weighted by atomic mass is 32.1. The summed E-state index contributed by atoms with van der Waals surface area (Å²) in [5.41, 5.74) is 1.63. The van der Waals surface area contributed by atoms with Crippen LogP contribution in [0.25, 0.3) is 32.0 Å². The minimum absolute atomic E-state index is 0.220. The van der Waals surface area contributed by atoms with Gasteiger partial charge in [-0.2, -0.15) is 0 Å². The summed E-state index contributed by atoms with van der Waals surface area (Å²) in [6.45, 7) is 12.0. The number of phenols is 1. The Morgan fingerprint density at radius 3 is 2.03 bits per heavy atom. The van der Waals surface area contributed by atoms with Crippen LogP contribution in [-0.2, 0) is 0 Å². The van der Waals surface area contributed by atoms with Crippen molar-refractivity contribution in [1.29, 1.82) is 0 Å². The number of carbonyl (C=O) groups is 1. The number of thiophene rings is 1. The van der Waals surface area contributed by atoms with Gasteiger partial charge in [-0.3, -0.25) is 0 Å². The maximum atomic E-state index is 11.7. The van der Waals surface area contributed by atoms with E-state index >= 15 is 0 Å². The third kappa shape index (κ3) is 5.36. The number of carboxylic acid groups (broad SMARTS) is 1. The molecule has 0 radical (unpaired) electrons. The van der Waals surface area contributed by atoms with Gasteiger partial charge in [-0.1, -0.05) is 77.9 Å². The summed E-state index contributed by atoms with van der Waals surface area (Å²) in [6, 6.07) is 18.7. The van der Waals surface area contributed by atoms with Crippen molar-refractivity contribution >= 4 is 38.2 Å². The van der Waals surface area contributed by atoms with Gasteiger partial charge in [0, 0.05) is 15.6 Å². The Kier molecular flexibility index (Phi) is 9.90. The minimum atomic E-state index is -0.910. The molecule has 0 atom stereocenters. The zero-order chi connectivity index (χ0) is 22.0. The summed E-state index contributed by atoms with van der Waals surface area (Å²) in [6.07, 6.45) is 0. The van der Waals surface area contributed by atoms with Crippen LogP contribution in [-0.4, -0.2) is 16.2 Å². The Balaban J connectivity index is 0.000000644. The van der Waals surface area contributed by atoms with Crippen molar-refractivity contribution in [2.75, 3.05) is 0 Å². The normalized spacial score (nSPS) is 9.45. The van der Waals surface area contributed by atoms with Crippen molar-refractivity contribution in [3.63, 3.8) is 0 Å². The molecular weight excluding hydrogens is 380 g/mol. The van der Waals surface area contributed by atoms with E-state index in [1.54, 1.807) is 12.1 Å². The molecule has 4 heteroatoms. The lowest BCUT2D eigenvalue weighted by Crippen LogP contribution is -1.94. The standard InChI is InChI=1S/C19H12O3S.3C2H6/c20-14-8-7-11-9-13(6-5-12(11)10-14)17-15-3-1-2-4-16(15)23-18(17)19(21)22;3*1-2/h1-10,20H,(H,21,22);3*1-2H3. The van der Waals surface area contributed by atoms with Crippen molar-refractivity contribution in [3.8, 4) is 16.9 Å². The second-order valence-corrected chi connectivity index (χ2v) is 6.41. The van der Waals surface area contributed by atoms with Crippen molar-refractivity contribution in [2.45, 2.75) is 41.5 Å². The Hall–Kier alpha value is -2.85. The zero-order valence-corrected chi connectivity index (χ0v) is 18.8. The highest BCUT2D eigenvalue weighted by molar-refractivity contribution is 7.21. The molecule has 3 aromatic carbocycles. The van der Waals surface area contributed by atoms with Crippen LogP contribution in [0.15, 0.2) is 60.7 Å². The molecule has 0 saturated heterocycles. The molecule has 1 aromatic heterocycles. The van der Waals surface area contributed by atoms with E-state index < -0.39 is 5.97 Å². The number of aromatic carboxylic acids is 1. The first-order chi connectivity index (χ1) is 14.1. The van der Waals surface area contributed by atoms with Crippen LogP contribution in [0.4, 0.5) is 0 Å². The van der Waals surface area contributed by atoms with Gasteiger partial charge >= 0.3 is 5.97 Å². The van der Waals surface area contributed by atoms with Gasteiger partial charge in [0.25, 0.3) is 0 Å². The molecule has 4 aromatic rings. The minimum Gasteiger partial charge on any atom is -0.508 e. The van der Waals surface area contributed by atoms with E-state index in [1.807, 2.05) is 90.1 Å². The van der Waals surface area contributed by atoms with Gasteiger partial charge in [-0.15, -0.1) is 11.3 Å². The monoisotopic (exact) mass is 410 g/mol. The van der Waals surface area contributed by atoms with Crippen LogP contribution in [0.5, 0.6) is 5.75 Å². The molecule has 0 unspecified atom stereocenters. The Morgan fingerprint density at radius 2 is 1.38 bits per heavy atom. The van der Waals surface area contributed by atoms with Gasteiger partial charge in [-0.25, -0.2) is 4.79 Å². The molecule has 0 saturated carbocycles. The van der Waals surface area contributed by atoms with E-state index in [-0.39, 0.29) is 5.75 Å². The number of phenolic OH excluding ortho intramolecular Hbond substituents is 1. The van der Waals surface area contributed by atoms with E-state index in [0.717, 1.165) is 32.0 Å². The van der Waals surface area contributed by atoms with E-state index in [2.05, 4.69) is 0 Å². The summed E-state index contributed by atoms with van der Waals surface area (Å²) < 4.78 is 0.964. The predicted octanol–water partition coefficient (Wildman–Crippen LogP) is 8.20. The molecule has 0 aliphatic heterocycles. The van der Waals surface area contributed by atoms with Crippen LogP contribution >= 0.6 is 11.3 Å². The number of fused-ring (bicyclic) bond motifs is 2. The van der Waals surface area contributed by atoms with E-state index in [9.17, 15) is 15.0 Å². The van der Waals surface area contributed by atoms with Gasteiger partial charge < -0.3 is 10.2 Å². The van der Waals surface area contributed by atoms with Gasteiger partial charge in [0.15, 0.2) is 0 Å². The fraction of sp³-hybridized carbons (Fsp3) is 0.240. The number of rotatable bonds is 2. The molecule has 0 fully saturated rings. The molecule has 0 bridgehead atoms. The largest absolute Gasteiger partial charge is 0.508 e. The molecule has 29 heavy (non-hydrogen) atoms. The number of benzene rings is 3. The first kappa shape index (κ1) is 24.2. The predicted molar refractivity (Wildman–Crippen MR) is 127 cm³/mol. The highest BCUT2D eigenvalue weighted by Crippen LogP contribution is 2.39. The molecule has 154 valence electrons. The van der Waals surface area contributed by atoms with Crippen LogP contribution in [0.2, 0.25) is 0 Å². The van der Waals surface area contributed by atoms with Crippen molar-refractivity contribution in [3.05, 3.63) is 65.5 Å². The van der Waals surface area contributed by atoms with Gasteiger partial charge in [0.2, 0.25) is 0 Å². The summed E-state index contributed by atoms with van der Waals surface area (Å²) in [4.78, 5) is 12.0. The second kappa shape index (κ2) is 11.9. The topological polar surface area (TPSA) is 57.5 Å². The molecule has 0 aliphatic rings. The number of hydrogen-bond acceptors (Lipinski definition) is 3. The molecular formula is C25H30O3S. The lowest BCUT2D eigenvalue weighted by molar-refractivity contribution is 0.0703. The molecule has 0 spiro atoms. The Labute approximate surface area is 177 Å².